The molecule has 4 nitrogen and oxygen atoms in total. The van der Waals surface area contributed by atoms with Gasteiger partial charge in [-0.15, -0.1) is 0 Å². The topological polar surface area (TPSA) is 45.6 Å². The van der Waals surface area contributed by atoms with Crippen LogP contribution in [0.2, 0.25) is 0 Å². The number of nitrogens with zero attached hydrogens (tertiary/aromatic N) is 2. The molecule has 0 amide bonds. The van der Waals surface area contributed by atoms with E-state index in [-0.39, 0.29) is 0 Å². The molecule has 1 aliphatic rings. The van der Waals surface area contributed by atoms with E-state index in [0.29, 0.717) is 19.7 Å². The molecular weight excluding hydrogens is 260 g/mol. The van der Waals surface area contributed by atoms with Crippen LogP contribution < -0.4 is 4.90 Å². The maximum absolute atomic E-state index is 9.92. The van der Waals surface area contributed by atoms with Gasteiger partial charge in [-0.05, 0) is 28.1 Å². The van der Waals surface area contributed by atoms with E-state index in [0.717, 1.165) is 10.3 Å². The van der Waals surface area contributed by atoms with Crippen LogP contribution in [-0.2, 0) is 4.74 Å². The molecule has 15 heavy (non-hydrogen) atoms. The van der Waals surface area contributed by atoms with Gasteiger partial charge in [-0.3, -0.25) is 0 Å². The van der Waals surface area contributed by atoms with Gasteiger partial charge in [-0.25, -0.2) is 4.98 Å². The first-order valence-corrected chi connectivity index (χ1v) is 5.51. The van der Waals surface area contributed by atoms with Gasteiger partial charge in [0.15, 0.2) is 0 Å². The van der Waals surface area contributed by atoms with Crippen molar-refractivity contribution in [1.82, 2.24) is 4.98 Å². The highest BCUT2D eigenvalue weighted by molar-refractivity contribution is 9.10. The summed E-state index contributed by atoms with van der Waals surface area (Å²) in [5.74, 6) is 0.873. The van der Waals surface area contributed by atoms with Crippen molar-refractivity contribution in [3.63, 3.8) is 0 Å². The molecule has 5 heteroatoms. The third-order valence-corrected chi connectivity index (χ3v) is 3.04. The number of anilines is 1. The van der Waals surface area contributed by atoms with Crippen molar-refractivity contribution in [3.8, 4) is 0 Å². The van der Waals surface area contributed by atoms with Gasteiger partial charge in [0.1, 0.15) is 11.4 Å². The monoisotopic (exact) mass is 272 g/mol. The molecule has 0 unspecified atom stereocenters. The zero-order valence-corrected chi connectivity index (χ0v) is 10.1. The summed E-state index contributed by atoms with van der Waals surface area (Å²) in [7, 11) is 1.59. The van der Waals surface area contributed by atoms with E-state index in [4.69, 9.17) is 4.74 Å². The molecule has 0 aliphatic carbocycles. The van der Waals surface area contributed by atoms with Crippen molar-refractivity contribution in [1.29, 1.82) is 0 Å². The summed E-state index contributed by atoms with van der Waals surface area (Å²) >= 11 is 3.43. The predicted molar refractivity (Wildman–Crippen MR) is 61.0 cm³/mol. The number of β-amino-alcohol motifs (C(OH)–C–C–N with tert-alkyl or cyclic N) is 1. The van der Waals surface area contributed by atoms with Gasteiger partial charge in [0.25, 0.3) is 0 Å². The van der Waals surface area contributed by atoms with Crippen LogP contribution in [0.15, 0.2) is 22.8 Å². The summed E-state index contributed by atoms with van der Waals surface area (Å²) in [5, 5.41) is 9.92. The largest absolute Gasteiger partial charge is 0.384 e. The highest BCUT2D eigenvalue weighted by Gasteiger charge is 2.42. The van der Waals surface area contributed by atoms with E-state index in [1.807, 2.05) is 17.0 Å². The minimum absolute atomic E-state index is 0.369. The zero-order valence-electron chi connectivity index (χ0n) is 8.48. The third kappa shape index (κ3) is 2.14. The standard InChI is InChI=1S/C10H13BrN2O2/c1-15-7-10(14)5-13(6-10)9-8(11)3-2-4-12-9/h2-4,14H,5-7H2,1H3. The van der Waals surface area contributed by atoms with Gasteiger partial charge in [0, 0.05) is 13.3 Å². The molecule has 2 rings (SSSR count). The Hall–Kier alpha value is -0.650. The van der Waals surface area contributed by atoms with Crippen LogP contribution in [0.4, 0.5) is 5.82 Å². The summed E-state index contributed by atoms with van der Waals surface area (Å²) in [5.41, 5.74) is -0.717. The van der Waals surface area contributed by atoms with Crippen LogP contribution in [-0.4, -0.2) is 42.5 Å². The molecule has 0 spiro atoms. The number of pyridine rings is 1. The molecule has 1 N–H and O–H groups in total. The predicted octanol–water partition coefficient (Wildman–Crippen LogP) is 1.04. The summed E-state index contributed by atoms with van der Waals surface area (Å²) in [4.78, 5) is 6.27. The lowest BCUT2D eigenvalue weighted by Gasteiger charge is -2.46. The van der Waals surface area contributed by atoms with Crippen LogP contribution >= 0.6 is 15.9 Å². The summed E-state index contributed by atoms with van der Waals surface area (Å²) in [6, 6.07) is 3.81. The Morgan fingerprint density at radius 1 is 1.67 bits per heavy atom. The molecule has 1 aromatic rings. The van der Waals surface area contributed by atoms with Crippen molar-refractivity contribution < 1.29 is 9.84 Å². The summed E-state index contributed by atoms with van der Waals surface area (Å²) in [6.07, 6.45) is 1.74. The number of hydrogen-bond acceptors (Lipinski definition) is 4. The zero-order chi connectivity index (χ0) is 10.9. The normalized spacial score (nSPS) is 18.7. The van der Waals surface area contributed by atoms with Gasteiger partial charge in [-0.1, -0.05) is 0 Å². The second-order valence-corrected chi connectivity index (χ2v) is 4.68. The lowest BCUT2D eigenvalue weighted by atomic mass is 9.95. The first kappa shape index (κ1) is 10.9. The summed E-state index contributed by atoms with van der Waals surface area (Å²) in [6.45, 7) is 1.50. The van der Waals surface area contributed by atoms with Crippen molar-refractivity contribution in [2.75, 3.05) is 31.7 Å². The molecule has 2 heterocycles. The molecule has 1 saturated heterocycles. The number of aliphatic hydroxyl groups is 1. The molecular formula is C10H13BrN2O2. The van der Waals surface area contributed by atoms with Crippen LogP contribution in [0.1, 0.15) is 0 Å². The maximum atomic E-state index is 9.92. The van der Waals surface area contributed by atoms with Crippen molar-refractivity contribution in [2.24, 2.45) is 0 Å². The minimum atomic E-state index is -0.717. The molecule has 1 aliphatic heterocycles. The highest BCUT2D eigenvalue weighted by Crippen LogP contribution is 2.31. The quantitative estimate of drug-likeness (QED) is 0.894. The number of ether oxygens (including phenoxy) is 1. The minimum Gasteiger partial charge on any atom is -0.384 e. The molecule has 1 fully saturated rings. The molecule has 0 radical (unpaired) electrons. The number of methoxy groups -OCH3 is 1. The van der Waals surface area contributed by atoms with E-state index in [9.17, 15) is 5.11 Å². The Kier molecular flexibility index (Phi) is 2.95. The van der Waals surface area contributed by atoms with E-state index >= 15 is 0 Å². The van der Waals surface area contributed by atoms with E-state index in [1.165, 1.54) is 0 Å². The van der Waals surface area contributed by atoms with E-state index in [1.54, 1.807) is 13.3 Å². The van der Waals surface area contributed by atoms with Crippen LogP contribution in [0.25, 0.3) is 0 Å². The Morgan fingerprint density at radius 2 is 2.40 bits per heavy atom. The molecule has 0 aromatic carbocycles. The fraction of sp³-hybridized carbons (Fsp3) is 0.500. The second-order valence-electron chi connectivity index (χ2n) is 3.82. The van der Waals surface area contributed by atoms with Crippen LogP contribution in [0, 0.1) is 0 Å². The SMILES string of the molecule is COCC1(O)CN(c2ncccc2Br)C1. The third-order valence-electron chi connectivity index (χ3n) is 2.42. The summed E-state index contributed by atoms with van der Waals surface area (Å²) < 4.78 is 5.90. The van der Waals surface area contributed by atoms with Gasteiger partial charge in [0.05, 0.1) is 24.2 Å². The van der Waals surface area contributed by atoms with Gasteiger partial charge in [0.2, 0.25) is 0 Å². The average Bonchev–Trinajstić information content (AvgIpc) is 2.15. The second kappa shape index (κ2) is 4.08. The molecule has 0 atom stereocenters. The number of hydrogen-bond donors (Lipinski definition) is 1. The number of aromatic nitrogens is 1. The fourth-order valence-corrected chi connectivity index (χ4v) is 2.29. The van der Waals surface area contributed by atoms with Gasteiger partial charge in [-0.2, -0.15) is 0 Å². The average molecular weight is 273 g/mol. The molecule has 0 bridgehead atoms. The number of rotatable bonds is 3. The fourth-order valence-electron chi connectivity index (χ4n) is 1.78. The van der Waals surface area contributed by atoms with Crippen LogP contribution in [0.5, 0.6) is 0 Å². The molecule has 82 valence electrons. The number of halogens is 1. The lowest BCUT2D eigenvalue weighted by molar-refractivity contribution is -0.0506. The molecule has 0 saturated carbocycles. The van der Waals surface area contributed by atoms with E-state index in [2.05, 4.69) is 20.9 Å². The first-order chi connectivity index (χ1) is 7.14. The maximum Gasteiger partial charge on any atom is 0.143 e. The smallest absolute Gasteiger partial charge is 0.143 e. The van der Waals surface area contributed by atoms with Crippen molar-refractivity contribution in [3.05, 3.63) is 22.8 Å². The Morgan fingerprint density at radius 3 is 3.00 bits per heavy atom. The Balaban J connectivity index is 2.03. The van der Waals surface area contributed by atoms with Gasteiger partial charge < -0.3 is 14.7 Å². The van der Waals surface area contributed by atoms with Gasteiger partial charge >= 0.3 is 0 Å². The van der Waals surface area contributed by atoms with Crippen molar-refractivity contribution >= 4 is 21.7 Å². The van der Waals surface area contributed by atoms with E-state index < -0.39 is 5.60 Å². The van der Waals surface area contributed by atoms with Crippen LogP contribution in [0.3, 0.4) is 0 Å². The van der Waals surface area contributed by atoms with Crippen molar-refractivity contribution in [2.45, 2.75) is 5.60 Å². The lowest BCUT2D eigenvalue weighted by Crippen LogP contribution is -2.64. The Bertz CT molecular complexity index is 353. The first-order valence-electron chi connectivity index (χ1n) is 4.71. The Labute approximate surface area is 97.0 Å². The molecule has 1 aromatic heterocycles. The highest BCUT2D eigenvalue weighted by atomic mass is 79.9.